The van der Waals surface area contributed by atoms with Crippen molar-refractivity contribution < 1.29 is 15.0 Å². The van der Waals surface area contributed by atoms with Crippen molar-refractivity contribution in [2.45, 2.75) is 20.0 Å². The quantitative estimate of drug-likeness (QED) is 0.758. The summed E-state index contributed by atoms with van der Waals surface area (Å²) in [4.78, 5) is 14.5. The van der Waals surface area contributed by atoms with Crippen molar-refractivity contribution in [3.05, 3.63) is 29.6 Å². The minimum Gasteiger partial charge on any atom is -0.481 e. The highest BCUT2D eigenvalue weighted by Gasteiger charge is 2.23. The highest BCUT2D eigenvalue weighted by molar-refractivity contribution is 5.70. The Kier molecular flexibility index (Phi) is 3.19. The van der Waals surface area contributed by atoms with Crippen molar-refractivity contribution in [3.8, 4) is 0 Å². The molecule has 0 spiro atoms. The van der Waals surface area contributed by atoms with Gasteiger partial charge in [-0.05, 0) is 25.5 Å². The van der Waals surface area contributed by atoms with Crippen LogP contribution in [0.4, 0.5) is 0 Å². The molecule has 1 heterocycles. The highest BCUT2D eigenvalue weighted by Crippen LogP contribution is 2.23. The van der Waals surface area contributed by atoms with Gasteiger partial charge in [0.25, 0.3) is 0 Å². The number of aliphatic hydroxyl groups excluding tert-OH is 1. The number of carboxylic acids is 1. The average Bonchev–Trinajstić information content (AvgIpc) is 2.16. The van der Waals surface area contributed by atoms with E-state index in [0.29, 0.717) is 5.56 Å². The van der Waals surface area contributed by atoms with E-state index in [1.54, 1.807) is 12.3 Å². The summed E-state index contributed by atoms with van der Waals surface area (Å²) >= 11 is 0. The first-order valence-electron chi connectivity index (χ1n) is 4.35. The second-order valence-corrected chi connectivity index (χ2v) is 3.30. The number of hydrogen-bond donors (Lipinski definition) is 2. The van der Waals surface area contributed by atoms with Crippen molar-refractivity contribution in [2.24, 2.45) is 5.92 Å². The van der Waals surface area contributed by atoms with E-state index in [2.05, 4.69) is 4.98 Å². The Hall–Kier alpha value is -1.42. The number of carbonyl (C=O) groups is 1. The fourth-order valence-electron chi connectivity index (χ4n) is 1.19. The standard InChI is InChI=1S/C10H13NO3/c1-6-3-4-11-5-8(6)9(12)7(2)10(13)14/h3-5,7,9,12H,1-2H3,(H,13,14). The largest absolute Gasteiger partial charge is 0.481 e. The number of aryl methyl sites for hydroxylation is 1. The summed E-state index contributed by atoms with van der Waals surface area (Å²) < 4.78 is 0. The zero-order valence-electron chi connectivity index (χ0n) is 8.14. The van der Waals surface area contributed by atoms with Crippen LogP contribution in [0.2, 0.25) is 0 Å². The van der Waals surface area contributed by atoms with Gasteiger partial charge in [-0.25, -0.2) is 0 Å². The number of aromatic nitrogens is 1. The van der Waals surface area contributed by atoms with Gasteiger partial charge in [0.1, 0.15) is 0 Å². The van der Waals surface area contributed by atoms with Crippen molar-refractivity contribution in [3.63, 3.8) is 0 Å². The van der Waals surface area contributed by atoms with Gasteiger partial charge in [0.2, 0.25) is 0 Å². The third kappa shape index (κ3) is 2.09. The lowest BCUT2D eigenvalue weighted by Crippen LogP contribution is -2.19. The van der Waals surface area contributed by atoms with Crippen LogP contribution in [0.1, 0.15) is 24.2 Å². The van der Waals surface area contributed by atoms with E-state index in [9.17, 15) is 9.90 Å². The van der Waals surface area contributed by atoms with Gasteiger partial charge in [0.05, 0.1) is 12.0 Å². The van der Waals surface area contributed by atoms with E-state index < -0.39 is 18.0 Å². The van der Waals surface area contributed by atoms with Crippen molar-refractivity contribution in [1.82, 2.24) is 4.98 Å². The number of carboxylic acid groups (broad SMARTS) is 1. The first-order chi connectivity index (χ1) is 6.54. The Morgan fingerprint density at radius 3 is 2.71 bits per heavy atom. The predicted molar refractivity (Wildman–Crippen MR) is 50.7 cm³/mol. The van der Waals surface area contributed by atoms with Crippen LogP contribution >= 0.6 is 0 Å². The molecule has 0 saturated heterocycles. The topological polar surface area (TPSA) is 70.4 Å². The number of nitrogens with zero attached hydrogens (tertiary/aromatic N) is 1. The van der Waals surface area contributed by atoms with Gasteiger partial charge >= 0.3 is 5.97 Å². The van der Waals surface area contributed by atoms with Gasteiger partial charge in [-0.1, -0.05) is 0 Å². The molecular formula is C10H13NO3. The number of aliphatic hydroxyl groups is 1. The summed E-state index contributed by atoms with van der Waals surface area (Å²) in [6, 6.07) is 1.74. The monoisotopic (exact) mass is 195 g/mol. The van der Waals surface area contributed by atoms with Crippen LogP contribution < -0.4 is 0 Å². The molecule has 0 amide bonds. The number of hydrogen-bond acceptors (Lipinski definition) is 3. The lowest BCUT2D eigenvalue weighted by molar-refractivity contribution is -0.145. The molecule has 1 aromatic heterocycles. The van der Waals surface area contributed by atoms with Crippen LogP contribution in [0, 0.1) is 12.8 Å². The van der Waals surface area contributed by atoms with Crippen LogP contribution in [0.5, 0.6) is 0 Å². The highest BCUT2D eigenvalue weighted by atomic mass is 16.4. The van der Waals surface area contributed by atoms with Crippen LogP contribution in [-0.4, -0.2) is 21.2 Å². The molecule has 0 radical (unpaired) electrons. The second-order valence-electron chi connectivity index (χ2n) is 3.30. The van der Waals surface area contributed by atoms with Crippen molar-refractivity contribution in [1.29, 1.82) is 0 Å². The molecule has 0 bridgehead atoms. The Morgan fingerprint density at radius 1 is 1.57 bits per heavy atom. The Balaban J connectivity index is 2.94. The van der Waals surface area contributed by atoms with E-state index in [4.69, 9.17) is 5.11 Å². The van der Waals surface area contributed by atoms with Gasteiger partial charge in [0, 0.05) is 18.0 Å². The second kappa shape index (κ2) is 4.19. The minimum atomic E-state index is -1.01. The lowest BCUT2D eigenvalue weighted by Gasteiger charge is -2.16. The van der Waals surface area contributed by atoms with Gasteiger partial charge in [0.15, 0.2) is 0 Å². The molecule has 0 aliphatic rings. The van der Waals surface area contributed by atoms with E-state index in [1.807, 2.05) is 6.92 Å². The first kappa shape index (κ1) is 10.7. The summed E-state index contributed by atoms with van der Waals surface area (Å²) in [5.74, 6) is -1.83. The predicted octanol–water partition coefficient (Wildman–Crippen LogP) is 1.14. The van der Waals surface area contributed by atoms with E-state index in [-0.39, 0.29) is 0 Å². The number of pyridine rings is 1. The Morgan fingerprint density at radius 2 is 2.21 bits per heavy atom. The Bertz CT molecular complexity index is 338. The fraction of sp³-hybridized carbons (Fsp3) is 0.400. The maximum absolute atomic E-state index is 10.6. The zero-order valence-corrected chi connectivity index (χ0v) is 8.14. The van der Waals surface area contributed by atoms with Crippen molar-refractivity contribution >= 4 is 5.97 Å². The van der Waals surface area contributed by atoms with Gasteiger partial charge in [-0.3, -0.25) is 9.78 Å². The lowest BCUT2D eigenvalue weighted by atomic mass is 9.96. The maximum Gasteiger partial charge on any atom is 0.309 e. The smallest absolute Gasteiger partial charge is 0.309 e. The molecule has 4 heteroatoms. The molecule has 2 atom stereocenters. The molecule has 0 fully saturated rings. The molecule has 14 heavy (non-hydrogen) atoms. The molecule has 76 valence electrons. The average molecular weight is 195 g/mol. The normalized spacial score (nSPS) is 14.8. The summed E-state index contributed by atoms with van der Waals surface area (Å²) in [6.45, 7) is 3.29. The molecule has 1 rings (SSSR count). The van der Waals surface area contributed by atoms with Gasteiger partial charge in [-0.15, -0.1) is 0 Å². The minimum absolute atomic E-state index is 0.572. The molecule has 0 aliphatic carbocycles. The molecule has 2 N–H and O–H groups in total. The summed E-state index contributed by atoms with van der Waals surface area (Å²) in [7, 11) is 0. The van der Waals surface area contributed by atoms with Gasteiger partial charge in [-0.2, -0.15) is 0 Å². The SMILES string of the molecule is Cc1ccncc1C(O)C(C)C(=O)O. The molecule has 0 saturated carbocycles. The molecule has 0 aromatic carbocycles. The molecular weight excluding hydrogens is 182 g/mol. The first-order valence-corrected chi connectivity index (χ1v) is 4.35. The van der Waals surface area contributed by atoms with E-state index >= 15 is 0 Å². The third-order valence-electron chi connectivity index (χ3n) is 2.26. The Labute approximate surface area is 82.2 Å². The third-order valence-corrected chi connectivity index (χ3v) is 2.26. The van der Waals surface area contributed by atoms with Crippen LogP contribution in [0.3, 0.4) is 0 Å². The number of aliphatic carboxylic acids is 1. The summed E-state index contributed by atoms with van der Waals surface area (Å²) in [5, 5.41) is 18.4. The number of rotatable bonds is 3. The summed E-state index contributed by atoms with van der Waals surface area (Å²) in [6.07, 6.45) is 2.11. The molecule has 1 aromatic rings. The van der Waals surface area contributed by atoms with E-state index in [1.165, 1.54) is 13.1 Å². The summed E-state index contributed by atoms with van der Waals surface area (Å²) in [5.41, 5.74) is 1.42. The molecule has 0 aliphatic heterocycles. The molecule has 2 unspecified atom stereocenters. The van der Waals surface area contributed by atoms with Crippen LogP contribution in [0.25, 0.3) is 0 Å². The van der Waals surface area contributed by atoms with Crippen LogP contribution in [0.15, 0.2) is 18.5 Å². The van der Waals surface area contributed by atoms with Gasteiger partial charge < -0.3 is 10.2 Å². The van der Waals surface area contributed by atoms with Crippen LogP contribution in [-0.2, 0) is 4.79 Å². The van der Waals surface area contributed by atoms with Crippen molar-refractivity contribution in [2.75, 3.05) is 0 Å². The fourth-order valence-corrected chi connectivity index (χ4v) is 1.19. The molecule has 4 nitrogen and oxygen atoms in total. The van der Waals surface area contributed by atoms with E-state index in [0.717, 1.165) is 5.56 Å². The maximum atomic E-state index is 10.6. The zero-order chi connectivity index (χ0) is 10.7.